The van der Waals surface area contributed by atoms with E-state index in [-0.39, 0.29) is 11.7 Å². The van der Waals surface area contributed by atoms with Gasteiger partial charge >= 0.3 is 0 Å². The predicted molar refractivity (Wildman–Crippen MR) is 79.2 cm³/mol. The molecule has 3 nitrogen and oxygen atoms in total. The van der Waals surface area contributed by atoms with Crippen molar-refractivity contribution in [2.24, 2.45) is 5.41 Å². The Morgan fingerprint density at radius 1 is 1.30 bits per heavy atom. The third-order valence-electron chi connectivity index (χ3n) is 4.55. The van der Waals surface area contributed by atoms with Crippen molar-refractivity contribution in [2.45, 2.75) is 19.3 Å². The van der Waals surface area contributed by atoms with Crippen molar-refractivity contribution in [3.05, 3.63) is 34.1 Å². The minimum atomic E-state index is -0.329. The lowest BCUT2D eigenvalue weighted by Gasteiger charge is -2.33. The molecule has 1 N–H and O–H groups in total. The van der Waals surface area contributed by atoms with Crippen LogP contribution in [0.25, 0.3) is 0 Å². The molecule has 1 aromatic rings. The monoisotopic (exact) mass is 340 g/mol. The number of nitrogens with zero attached hydrogens (tertiary/aromatic N) is 1. The number of piperidine rings is 1. The van der Waals surface area contributed by atoms with Crippen molar-refractivity contribution in [1.29, 1.82) is 0 Å². The summed E-state index contributed by atoms with van der Waals surface area (Å²) in [6.45, 7) is 3.73. The number of hydrogen-bond donors (Lipinski definition) is 1. The van der Waals surface area contributed by atoms with Crippen molar-refractivity contribution >= 4 is 21.8 Å². The first-order chi connectivity index (χ1) is 9.60. The molecular formula is C15H18BrFN2O. The molecule has 2 fully saturated rings. The van der Waals surface area contributed by atoms with Gasteiger partial charge in [0.1, 0.15) is 5.82 Å². The number of hydrogen-bond acceptors (Lipinski definition) is 2. The molecule has 0 aliphatic carbocycles. The van der Waals surface area contributed by atoms with E-state index in [1.807, 2.05) is 4.90 Å². The van der Waals surface area contributed by atoms with E-state index in [1.165, 1.54) is 12.1 Å². The van der Waals surface area contributed by atoms with Gasteiger partial charge in [0.25, 0.3) is 5.91 Å². The number of rotatable bonds is 1. The van der Waals surface area contributed by atoms with Gasteiger partial charge in [0.15, 0.2) is 0 Å². The van der Waals surface area contributed by atoms with Gasteiger partial charge in [-0.05, 0) is 71.9 Å². The van der Waals surface area contributed by atoms with Gasteiger partial charge in [-0.2, -0.15) is 0 Å². The predicted octanol–water partition coefficient (Wildman–Crippen LogP) is 2.80. The Labute approximate surface area is 126 Å². The maximum Gasteiger partial charge on any atom is 0.255 e. The number of carbonyl (C=O) groups excluding carboxylic acids is 1. The first-order valence-corrected chi connectivity index (χ1v) is 7.84. The molecule has 1 amide bonds. The topological polar surface area (TPSA) is 32.3 Å². The van der Waals surface area contributed by atoms with Crippen molar-refractivity contribution < 1.29 is 9.18 Å². The molecule has 0 atom stereocenters. The van der Waals surface area contributed by atoms with E-state index in [2.05, 4.69) is 21.2 Å². The van der Waals surface area contributed by atoms with Gasteiger partial charge in [0.2, 0.25) is 0 Å². The molecule has 1 spiro atoms. The van der Waals surface area contributed by atoms with Gasteiger partial charge in [0, 0.05) is 17.6 Å². The summed E-state index contributed by atoms with van der Waals surface area (Å²) in [6.07, 6.45) is 3.36. The molecule has 2 saturated heterocycles. The fraction of sp³-hybridized carbons (Fsp3) is 0.533. The van der Waals surface area contributed by atoms with E-state index >= 15 is 0 Å². The van der Waals surface area contributed by atoms with E-state index in [0.717, 1.165) is 45.4 Å². The van der Waals surface area contributed by atoms with Gasteiger partial charge in [0.05, 0.1) is 5.56 Å². The van der Waals surface area contributed by atoms with E-state index in [0.29, 0.717) is 15.5 Å². The Morgan fingerprint density at radius 2 is 2.05 bits per heavy atom. The highest BCUT2D eigenvalue weighted by Gasteiger charge is 2.40. The van der Waals surface area contributed by atoms with E-state index in [4.69, 9.17) is 0 Å². The second-order valence-electron chi connectivity index (χ2n) is 5.85. The zero-order chi connectivity index (χ0) is 14.2. The first kappa shape index (κ1) is 14.0. The molecule has 5 heteroatoms. The van der Waals surface area contributed by atoms with Crippen LogP contribution in [0.3, 0.4) is 0 Å². The smallest absolute Gasteiger partial charge is 0.255 e. The van der Waals surface area contributed by atoms with Crippen LogP contribution >= 0.6 is 15.9 Å². The standard InChI is InChI=1S/C15H18BrFN2O/c16-13-9-11(17)1-2-12(13)14(20)19-8-5-15(10-19)3-6-18-7-4-15/h1-2,9,18H,3-8,10H2. The summed E-state index contributed by atoms with van der Waals surface area (Å²) in [4.78, 5) is 14.5. The number of likely N-dealkylation sites (tertiary alicyclic amines) is 1. The van der Waals surface area contributed by atoms with Gasteiger partial charge in [-0.3, -0.25) is 4.79 Å². The van der Waals surface area contributed by atoms with Crippen LogP contribution in [0.1, 0.15) is 29.6 Å². The Bertz CT molecular complexity index is 529. The van der Waals surface area contributed by atoms with Crippen LogP contribution in [-0.4, -0.2) is 37.0 Å². The average Bonchev–Trinajstić information content (AvgIpc) is 2.83. The van der Waals surface area contributed by atoms with Gasteiger partial charge in [-0.15, -0.1) is 0 Å². The molecule has 0 radical (unpaired) electrons. The molecule has 0 aromatic heterocycles. The lowest BCUT2D eigenvalue weighted by molar-refractivity contribution is 0.0761. The molecule has 2 aliphatic heterocycles. The lowest BCUT2D eigenvalue weighted by atomic mass is 9.78. The molecule has 2 aliphatic rings. The van der Waals surface area contributed by atoms with Gasteiger partial charge < -0.3 is 10.2 Å². The quantitative estimate of drug-likeness (QED) is 0.852. The second kappa shape index (κ2) is 5.45. The molecule has 3 rings (SSSR count). The number of carbonyl (C=O) groups is 1. The highest BCUT2D eigenvalue weighted by Crippen LogP contribution is 2.39. The molecule has 2 heterocycles. The summed E-state index contributed by atoms with van der Waals surface area (Å²) in [5, 5.41) is 3.37. The van der Waals surface area contributed by atoms with E-state index in [1.54, 1.807) is 6.07 Å². The molecule has 0 unspecified atom stereocenters. The molecule has 0 saturated carbocycles. The summed E-state index contributed by atoms with van der Waals surface area (Å²) >= 11 is 3.28. The van der Waals surface area contributed by atoms with Gasteiger partial charge in [-0.25, -0.2) is 4.39 Å². The SMILES string of the molecule is O=C(c1ccc(F)cc1Br)N1CCC2(CCNCC2)C1. The molecule has 1 aromatic carbocycles. The fourth-order valence-corrected chi connectivity index (χ4v) is 3.83. The lowest BCUT2D eigenvalue weighted by Crippen LogP contribution is -2.39. The third-order valence-corrected chi connectivity index (χ3v) is 5.21. The molecule has 20 heavy (non-hydrogen) atoms. The van der Waals surface area contributed by atoms with Crippen molar-refractivity contribution in [2.75, 3.05) is 26.2 Å². The molecular weight excluding hydrogens is 323 g/mol. The minimum absolute atomic E-state index is 0.00674. The van der Waals surface area contributed by atoms with Crippen LogP contribution in [0.2, 0.25) is 0 Å². The van der Waals surface area contributed by atoms with Crippen LogP contribution in [0.15, 0.2) is 22.7 Å². The largest absolute Gasteiger partial charge is 0.338 e. The summed E-state index contributed by atoms with van der Waals surface area (Å²) < 4.78 is 13.6. The van der Waals surface area contributed by atoms with Crippen LogP contribution in [-0.2, 0) is 0 Å². The summed E-state index contributed by atoms with van der Waals surface area (Å²) in [6, 6.07) is 4.26. The van der Waals surface area contributed by atoms with Crippen molar-refractivity contribution in [1.82, 2.24) is 10.2 Å². The first-order valence-electron chi connectivity index (χ1n) is 7.05. The number of halogens is 2. The number of amides is 1. The molecule has 0 bridgehead atoms. The Kier molecular flexibility index (Phi) is 3.82. The van der Waals surface area contributed by atoms with Crippen LogP contribution in [0.4, 0.5) is 4.39 Å². The Balaban J connectivity index is 1.75. The highest BCUT2D eigenvalue weighted by atomic mass is 79.9. The normalized spacial score (nSPS) is 21.4. The van der Waals surface area contributed by atoms with Crippen molar-refractivity contribution in [3.63, 3.8) is 0 Å². The highest BCUT2D eigenvalue weighted by molar-refractivity contribution is 9.10. The zero-order valence-corrected chi connectivity index (χ0v) is 12.9. The summed E-state index contributed by atoms with van der Waals surface area (Å²) in [5.41, 5.74) is 0.852. The third kappa shape index (κ3) is 2.61. The Hall–Kier alpha value is -0.940. The maximum atomic E-state index is 13.1. The maximum absolute atomic E-state index is 13.1. The summed E-state index contributed by atoms with van der Waals surface area (Å²) in [5.74, 6) is -0.322. The fourth-order valence-electron chi connectivity index (χ4n) is 3.31. The number of nitrogens with one attached hydrogen (secondary N) is 1. The average molecular weight is 341 g/mol. The second-order valence-corrected chi connectivity index (χ2v) is 6.71. The van der Waals surface area contributed by atoms with Crippen LogP contribution in [0.5, 0.6) is 0 Å². The van der Waals surface area contributed by atoms with Crippen LogP contribution in [0, 0.1) is 11.2 Å². The van der Waals surface area contributed by atoms with Crippen LogP contribution < -0.4 is 5.32 Å². The Morgan fingerprint density at radius 3 is 2.75 bits per heavy atom. The van der Waals surface area contributed by atoms with E-state index < -0.39 is 0 Å². The zero-order valence-electron chi connectivity index (χ0n) is 11.3. The van der Waals surface area contributed by atoms with Crippen molar-refractivity contribution in [3.8, 4) is 0 Å². The molecule has 108 valence electrons. The minimum Gasteiger partial charge on any atom is -0.338 e. The summed E-state index contributed by atoms with van der Waals surface area (Å²) in [7, 11) is 0. The van der Waals surface area contributed by atoms with Gasteiger partial charge in [-0.1, -0.05) is 0 Å². The number of benzene rings is 1. The van der Waals surface area contributed by atoms with E-state index in [9.17, 15) is 9.18 Å².